The number of methoxy groups -OCH3 is 1. The van der Waals surface area contributed by atoms with E-state index in [0.29, 0.717) is 22.7 Å². The van der Waals surface area contributed by atoms with Crippen LogP contribution in [-0.4, -0.2) is 31.7 Å². The number of hydrogen-bond acceptors (Lipinski definition) is 5. The maximum Gasteiger partial charge on any atom is 0.245 e. The second kappa shape index (κ2) is 10.8. The SMILES string of the molecule is COc1cc(/C=N\NC(=O)[C@@H]2CC(=O)N(c3ccc(F)cc3)C2)ccc1OCc1ccc(F)cc1. The maximum absolute atomic E-state index is 13.1. The standard InChI is InChI=1S/C26H23F2N3O4/c1-34-24-12-18(4-11-23(24)35-16-17-2-5-20(27)6-3-17)14-29-30-26(33)19-13-25(32)31(15-19)22-9-7-21(28)8-10-22/h2-12,14,19H,13,15-16H2,1H3,(H,30,33)/b29-14-/t19-/m1/s1. The van der Waals surface area contributed by atoms with Crippen LogP contribution < -0.4 is 19.8 Å². The van der Waals surface area contributed by atoms with Crippen molar-refractivity contribution in [3.05, 3.63) is 89.5 Å². The lowest BCUT2D eigenvalue weighted by atomic mass is 10.1. The molecule has 2 amide bonds. The van der Waals surface area contributed by atoms with Crippen molar-refractivity contribution >= 4 is 23.7 Å². The van der Waals surface area contributed by atoms with E-state index < -0.39 is 11.7 Å². The van der Waals surface area contributed by atoms with Crippen LogP contribution in [0.1, 0.15) is 17.5 Å². The van der Waals surface area contributed by atoms with Gasteiger partial charge < -0.3 is 14.4 Å². The van der Waals surface area contributed by atoms with Crippen LogP contribution in [0.5, 0.6) is 11.5 Å². The van der Waals surface area contributed by atoms with Gasteiger partial charge in [-0.1, -0.05) is 12.1 Å². The van der Waals surface area contributed by atoms with Gasteiger partial charge in [-0.2, -0.15) is 5.10 Å². The normalized spacial score (nSPS) is 15.5. The summed E-state index contributed by atoms with van der Waals surface area (Å²) in [7, 11) is 1.51. The minimum Gasteiger partial charge on any atom is -0.493 e. The van der Waals surface area contributed by atoms with E-state index >= 15 is 0 Å². The molecule has 0 aromatic heterocycles. The number of carbonyl (C=O) groups is 2. The summed E-state index contributed by atoms with van der Waals surface area (Å²) in [4.78, 5) is 26.3. The maximum atomic E-state index is 13.1. The lowest BCUT2D eigenvalue weighted by molar-refractivity contribution is -0.126. The average Bonchev–Trinajstić information content (AvgIpc) is 3.26. The van der Waals surface area contributed by atoms with Gasteiger partial charge >= 0.3 is 0 Å². The second-order valence-electron chi connectivity index (χ2n) is 7.94. The molecule has 1 fully saturated rings. The first kappa shape index (κ1) is 23.9. The quantitative estimate of drug-likeness (QED) is 0.391. The van der Waals surface area contributed by atoms with Crippen LogP contribution >= 0.6 is 0 Å². The third kappa shape index (κ3) is 6.00. The summed E-state index contributed by atoms with van der Waals surface area (Å²) >= 11 is 0. The first-order valence-corrected chi connectivity index (χ1v) is 10.9. The molecule has 9 heteroatoms. The van der Waals surface area contributed by atoms with Crippen molar-refractivity contribution in [1.29, 1.82) is 0 Å². The van der Waals surface area contributed by atoms with Gasteiger partial charge in [0.1, 0.15) is 18.2 Å². The molecule has 3 aromatic carbocycles. The fourth-order valence-electron chi connectivity index (χ4n) is 3.64. The van der Waals surface area contributed by atoms with E-state index in [0.717, 1.165) is 5.56 Å². The van der Waals surface area contributed by atoms with Crippen LogP contribution in [0.4, 0.5) is 14.5 Å². The molecular weight excluding hydrogens is 456 g/mol. The Morgan fingerprint density at radius 3 is 2.43 bits per heavy atom. The minimum absolute atomic E-state index is 0.0483. The predicted molar refractivity (Wildman–Crippen MR) is 126 cm³/mol. The van der Waals surface area contributed by atoms with Gasteiger partial charge in [-0.25, -0.2) is 14.2 Å². The molecule has 35 heavy (non-hydrogen) atoms. The smallest absolute Gasteiger partial charge is 0.245 e. The average molecular weight is 479 g/mol. The zero-order valence-corrected chi connectivity index (χ0v) is 18.9. The highest BCUT2D eigenvalue weighted by atomic mass is 19.1. The van der Waals surface area contributed by atoms with Crippen LogP contribution in [0.25, 0.3) is 0 Å². The Kier molecular flexibility index (Phi) is 7.35. The van der Waals surface area contributed by atoms with E-state index in [-0.39, 0.29) is 37.2 Å². The molecule has 180 valence electrons. The van der Waals surface area contributed by atoms with Crippen LogP contribution in [0.15, 0.2) is 71.8 Å². The number of carbonyl (C=O) groups excluding carboxylic acids is 2. The summed E-state index contributed by atoms with van der Waals surface area (Å²) in [6, 6.07) is 16.7. The van der Waals surface area contributed by atoms with Gasteiger partial charge in [0.25, 0.3) is 0 Å². The van der Waals surface area contributed by atoms with Gasteiger partial charge in [-0.15, -0.1) is 0 Å². The molecule has 1 atom stereocenters. The number of halogens is 2. The van der Waals surface area contributed by atoms with Crippen molar-refractivity contribution in [3.8, 4) is 11.5 Å². The van der Waals surface area contributed by atoms with Gasteiger partial charge in [-0.3, -0.25) is 9.59 Å². The Hall–Kier alpha value is -4.27. The second-order valence-corrected chi connectivity index (χ2v) is 7.94. The largest absolute Gasteiger partial charge is 0.493 e. The number of amides is 2. The Labute approximate surface area is 201 Å². The molecule has 1 aliphatic rings. The molecule has 0 aliphatic carbocycles. The zero-order valence-electron chi connectivity index (χ0n) is 18.9. The fourth-order valence-corrected chi connectivity index (χ4v) is 3.64. The topological polar surface area (TPSA) is 80.2 Å². The number of rotatable bonds is 8. The van der Waals surface area contributed by atoms with Crippen molar-refractivity contribution in [2.45, 2.75) is 13.0 Å². The molecule has 1 aliphatic heterocycles. The minimum atomic E-state index is -0.568. The Balaban J connectivity index is 1.33. The van der Waals surface area contributed by atoms with Crippen LogP contribution in [0.2, 0.25) is 0 Å². The van der Waals surface area contributed by atoms with Crippen molar-refractivity contribution in [2.75, 3.05) is 18.6 Å². The summed E-state index contributed by atoms with van der Waals surface area (Å²) in [5.74, 6) is -0.893. The van der Waals surface area contributed by atoms with Gasteiger partial charge in [0.05, 0.1) is 19.2 Å². The molecule has 0 radical (unpaired) electrons. The lowest BCUT2D eigenvalue weighted by Gasteiger charge is -2.16. The van der Waals surface area contributed by atoms with E-state index in [1.165, 1.54) is 54.6 Å². The third-order valence-corrected chi connectivity index (χ3v) is 5.52. The lowest BCUT2D eigenvalue weighted by Crippen LogP contribution is -2.30. The highest BCUT2D eigenvalue weighted by Gasteiger charge is 2.35. The molecule has 0 saturated carbocycles. The van der Waals surface area contributed by atoms with Crippen molar-refractivity contribution in [3.63, 3.8) is 0 Å². The summed E-state index contributed by atoms with van der Waals surface area (Å²) in [6.07, 6.45) is 1.51. The van der Waals surface area contributed by atoms with E-state index in [9.17, 15) is 18.4 Å². The van der Waals surface area contributed by atoms with Gasteiger partial charge in [-0.05, 0) is 65.7 Å². The van der Waals surface area contributed by atoms with Crippen LogP contribution in [0.3, 0.4) is 0 Å². The third-order valence-electron chi connectivity index (χ3n) is 5.52. The monoisotopic (exact) mass is 479 g/mol. The number of hydrogen-bond donors (Lipinski definition) is 1. The molecule has 0 unspecified atom stereocenters. The van der Waals surface area contributed by atoms with E-state index in [1.54, 1.807) is 30.3 Å². The van der Waals surface area contributed by atoms with Gasteiger partial charge in [0.2, 0.25) is 11.8 Å². The molecule has 7 nitrogen and oxygen atoms in total. The summed E-state index contributed by atoms with van der Waals surface area (Å²) < 4.78 is 37.3. The number of nitrogens with zero attached hydrogens (tertiary/aromatic N) is 2. The number of ether oxygens (including phenoxy) is 2. The number of nitrogens with one attached hydrogen (secondary N) is 1. The predicted octanol–water partition coefficient (Wildman–Crippen LogP) is 4.06. The fraction of sp³-hybridized carbons (Fsp3) is 0.192. The van der Waals surface area contributed by atoms with E-state index in [1.807, 2.05) is 0 Å². The Bertz CT molecular complexity index is 1230. The Morgan fingerprint density at radius 1 is 1.06 bits per heavy atom. The number of hydrazone groups is 1. The first-order chi connectivity index (χ1) is 16.9. The van der Waals surface area contributed by atoms with Crippen molar-refractivity contribution in [2.24, 2.45) is 11.0 Å². The molecule has 4 rings (SSSR count). The molecule has 1 saturated heterocycles. The van der Waals surface area contributed by atoms with Gasteiger partial charge in [0.15, 0.2) is 11.5 Å². The molecule has 0 spiro atoms. The van der Waals surface area contributed by atoms with E-state index in [2.05, 4.69) is 10.5 Å². The van der Waals surface area contributed by atoms with Crippen molar-refractivity contribution in [1.82, 2.24) is 5.43 Å². The van der Waals surface area contributed by atoms with Gasteiger partial charge in [0, 0.05) is 18.7 Å². The Morgan fingerprint density at radius 2 is 1.74 bits per heavy atom. The number of benzene rings is 3. The summed E-state index contributed by atoms with van der Waals surface area (Å²) in [5, 5.41) is 3.99. The molecular formula is C26H23F2N3O4. The summed E-state index contributed by atoms with van der Waals surface area (Å²) in [6.45, 7) is 0.439. The van der Waals surface area contributed by atoms with Crippen LogP contribution in [0, 0.1) is 17.6 Å². The highest BCUT2D eigenvalue weighted by Crippen LogP contribution is 2.29. The molecule has 0 bridgehead atoms. The van der Waals surface area contributed by atoms with Crippen molar-refractivity contribution < 1.29 is 27.8 Å². The van der Waals surface area contributed by atoms with E-state index in [4.69, 9.17) is 9.47 Å². The molecule has 1 heterocycles. The number of anilines is 1. The summed E-state index contributed by atoms with van der Waals surface area (Å²) in [5.41, 5.74) is 4.48. The first-order valence-electron chi connectivity index (χ1n) is 10.9. The highest BCUT2D eigenvalue weighted by molar-refractivity contribution is 6.00. The molecule has 1 N–H and O–H groups in total. The molecule has 3 aromatic rings. The van der Waals surface area contributed by atoms with Crippen LogP contribution in [-0.2, 0) is 16.2 Å². The zero-order chi connectivity index (χ0) is 24.8.